The van der Waals surface area contributed by atoms with Crippen LogP contribution in [0, 0.1) is 0 Å². The molecule has 0 aliphatic carbocycles. The van der Waals surface area contributed by atoms with Crippen molar-refractivity contribution in [3.05, 3.63) is 36.2 Å². The van der Waals surface area contributed by atoms with Gasteiger partial charge in [0.05, 0.1) is 12.0 Å². The van der Waals surface area contributed by atoms with Crippen LogP contribution in [0.1, 0.15) is 12.8 Å². The number of likely N-dealkylation sites (tertiary alicyclic amines) is 1. The highest BCUT2D eigenvalue weighted by molar-refractivity contribution is 7.97. The molecule has 3 heterocycles. The van der Waals surface area contributed by atoms with E-state index in [0.29, 0.717) is 17.8 Å². The fourth-order valence-electron chi connectivity index (χ4n) is 3.52. The number of piperazine rings is 1. The smallest absolute Gasteiger partial charge is 0.273 e. The third-order valence-corrected chi connectivity index (χ3v) is 6.03. The third kappa shape index (κ3) is 2.81. The average Bonchev–Trinajstić information content (AvgIpc) is 3.21. The lowest BCUT2D eigenvalue weighted by Crippen LogP contribution is -2.53. The van der Waals surface area contributed by atoms with E-state index in [1.54, 1.807) is 25.3 Å². The van der Waals surface area contributed by atoms with Crippen molar-refractivity contribution in [2.45, 2.75) is 29.8 Å². The minimum absolute atomic E-state index is 0.0475. The first-order chi connectivity index (χ1) is 11.8. The van der Waals surface area contributed by atoms with Crippen molar-refractivity contribution in [3.63, 3.8) is 0 Å². The number of benzene rings is 1. The molecule has 2 saturated heterocycles. The van der Waals surface area contributed by atoms with Crippen LogP contribution >= 0.6 is 11.9 Å². The van der Waals surface area contributed by atoms with E-state index in [-0.39, 0.29) is 5.91 Å². The Hall–Kier alpha value is -1.90. The number of hydrogen-bond donors (Lipinski definition) is 3. The van der Waals surface area contributed by atoms with Gasteiger partial charge >= 0.3 is 0 Å². The van der Waals surface area contributed by atoms with Gasteiger partial charge < -0.3 is 15.1 Å². The second-order valence-electron chi connectivity index (χ2n) is 6.15. The minimum atomic E-state index is 0.0475. The van der Waals surface area contributed by atoms with Gasteiger partial charge in [0.25, 0.3) is 5.91 Å². The van der Waals surface area contributed by atoms with Crippen molar-refractivity contribution < 1.29 is 9.53 Å². The van der Waals surface area contributed by atoms with Crippen LogP contribution in [0.5, 0.6) is 5.75 Å². The number of rotatable bonds is 4. The lowest BCUT2D eigenvalue weighted by Gasteiger charge is -2.40. The molecule has 3 aliphatic heterocycles. The number of amides is 1. The molecular weight excluding hydrogens is 326 g/mol. The van der Waals surface area contributed by atoms with Gasteiger partial charge in [-0.15, -0.1) is 0 Å². The summed E-state index contributed by atoms with van der Waals surface area (Å²) in [4.78, 5) is 15.6. The summed E-state index contributed by atoms with van der Waals surface area (Å²) in [5.74, 6) is 0.948. The van der Waals surface area contributed by atoms with Crippen molar-refractivity contribution in [1.82, 2.24) is 25.6 Å². The predicted molar refractivity (Wildman–Crippen MR) is 91.6 cm³/mol. The standard InChI is InChI=1S/C16H21N5O2S/c1-23-14-4-2-3-5-15(14)24-21-11-6-7-12(21)10-20(9-11)16(22)13-8-17-19-18-13/h2-5,8,11-12,17-19H,6-7,9-10H2,1H3. The second kappa shape index (κ2) is 6.54. The summed E-state index contributed by atoms with van der Waals surface area (Å²) in [6, 6.07) is 8.85. The first-order valence-electron chi connectivity index (χ1n) is 8.11. The number of nitrogens with zero attached hydrogens (tertiary/aromatic N) is 2. The van der Waals surface area contributed by atoms with E-state index < -0.39 is 0 Å². The quantitative estimate of drug-likeness (QED) is 0.697. The van der Waals surface area contributed by atoms with E-state index in [2.05, 4.69) is 26.8 Å². The lowest BCUT2D eigenvalue weighted by molar-refractivity contribution is -0.129. The van der Waals surface area contributed by atoms with Crippen molar-refractivity contribution in [2.24, 2.45) is 0 Å². The van der Waals surface area contributed by atoms with Gasteiger partial charge in [0, 0.05) is 31.4 Å². The zero-order valence-corrected chi connectivity index (χ0v) is 14.3. The molecule has 7 nitrogen and oxygen atoms in total. The van der Waals surface area contributed by atoms with E-state index in [0.717, 1.165) is 36.6 Å². The Morgan fingerprint density at radius 3 is 2.67 bits per heavy atom. The van der Waals surface area contributed by atoms with Crippen molar-refractivity contribution in [2.75, 3.05) is 20.2 Å². The summed E-state index contributed by atoms with van der Waals surface area (Å²) >= 11 is 1.76. The maximum Gasteiger partial charge on any atom is 0.273 e. The highest BCUT2D eigenvalue weighted by atomic mass is 32.2. The summed E-state index contributed by atoms with van der Waals surface area (Å²) in [5, 5.41) is 0. The van der Waals surface area contributed by atoms with E-state index in [1.807, 2.05) is 23.1 Å². The number of nitrogens with one attached hydrogen (secondary N) is 3. The van der Waals surface area contributed by atoms with Crippen LogP contribution in [0.25, 0.3) is 0 Å². The molecular formula is C16H21N5O2S. The highest BCUT2D eigenvalue weighted by Crippen LogP contribution is 2.41. The number of methoxy groups -OCH3 is 1. The Morgan fingerprint density at radius 1 is 1.25 bits per heavy atom. The maximum absolute atomic E-state index is 12.6. The molecule has 1 amide bonds. The topological polar surface area (TPSA) is 68.9 Å². The van der Waals surface area contributed by atoms with Crippen LogP contribution in [0.3, 0.4) is 0 Å². The fraction of sp³-hybridized carbons (Fsp3) is 0.438. The molecule has 128 valence electrons. The third-order valence-electron chi connectivity index (χ3n) is 4.69. The molecule has 0 spiro atoms. The van der Waals surface area contributed by atoms with Gasteiger partial charge in [0.1, 0.15) is 11.4 Å². The zero-order valence-electron chi connectivity index (χ0n) is 13.5. The minimum Gasteiger partial charge on any atom is -0.496 e. The van der Waals surface area contributed by atoms with Crippen molar-refractivity contribution >= 4 is 17.9 Å². The van der Waals surface area contributed by atoms with Gasteiger partial charge in [0.15, 0.2) is 0 Å². The Balaban J connectivity index is 1.46. The monoisotopic (exact) mass is 347 g/mol. The number of fused-ring (bicyclic) bond motifs is 2. The van der Waals surface area contributed by atoms with Gasteiger partial charge in [-0.1, -0.05) is 12.1 Å². The Bertz CT molecular complexity index is 654. The van der Waals surface area contributed by atoms with Crippen molar-refractivity contribution in [1.29, 1.82) is 0 Å². The Labute approximate surface area is 145 Å². The molecule has 1 aromatic carbocycles. The largest absolute Gasteiger partial charge is 0.496 e. The van der Waals surface area contributed by atoms with E-state index in [9.17, 15) is 4.79 Å². The summed E-state index contributed by atoms with van der Waals surface area (Å²) in [6.45, 7) is 1.52. The molecule has 3 aliphatic rings. The average molecular weight is 347 g/mol. The molecule has 2 unspecified atom stereocenters. The van der Waals surface area contributed by atoms with Crippen molar-refractivity contribution in [3.8, 4) is 5.75 Å². The first-order valence-corrected chi connectivity index (χ1v) is 8.89. The van der Waals surface area contributed by atoms with Gasteiger partial charge in [-0.2, -0.15) is 5.53 Å². The fourth-order valence-corrected chi connectivity index (χ4v) is 4.77. The molecule has 0 aromatic heterocycles. The summed E-state index contributed by atoms with van der Waals surface area (Å²) in [6.07, 6.45) is 3.92. The molecule has 4 rings (SSSR count). The van der Waals surface area contributed by atoms with Crippen LogP contribution in [-0.2, 0) is 4.79 Å². The summed E-state index contributed by atoms with van der Waals surface area (Å²) in [7, 11) is 1.70. The lowest BCUT2D eigenvalue weighted by atomic mass is 10.2. The highest BCUT2D eigenvalue weighted by Gasteiger charge is 2.42. The number of hydrazine groups is 2. The predicted octanol–water partition coefficient (Wildman–Crippen LogP) is 0.831. The number of carbonyl (C=O) groups is 1. The molecule has 0 saturated carbocycles. The number of hydrogen-bond acceptors (Lipinski definition) is 7. The Kier molecular flexibility index (Phi) is 4.26. The molecule has 0 radical (unpaired) electrons. The molecule has 8 heteroatoms. The van der Waals surface area contributed by atoms with E-state index in [4.69, 9.17) is 4.74 Å². The van der Waals surface area contributed by atoms with E-state index in [1.165, 1.54) is 0 Å². The first kappa shape index (κ1) is 15.6. The van der Waals surface area contributed by atoms with Gasteiger partial charge in [-0.25, -0.2) is 4.31 Å². The van der Waals surface area contributed by atoms with Gasteiger partial charge in [-0.05, 0) is 36.9 Å². The van der Waals surface area contributed by atoms with E-state index >= 15 is 0 Å². The Morgan fingerprint density at radius 2 is 2.00 bits per heavy atom. The maximum atomic E-state index is 12.6. The van der Waals surface area contributed by atoms with Gasteiger partial charge in [0.2, 0.25) is 0 Å². The van der Waals surface area contributed by atoms with Crippen LogP contribution in [0.4, 0.5) is 0 Å². The number of para-hydroxylation sites is 1. The van der Waals surface area contributed by atoms with Crippen LogP contribution < -0.4 is 21.1 Å². The summed E-state index contributed by atoms with van der Waals surface area (Å²) < 4.78 is 7.92. The van der Waals surface area contributed by atoms with Crippen LogP contribution in [0.15, 0.2) is 41.1 Å². The molecule has 2 atom stereocenters. The SMILES string of the molecule is COc1ccccc1SN1C2CCC1CN(C(=O)C1=CNNN1)C2. The number of carbonyl (C=O) groups excluding carboxylic acids is 1. The van der Waals surface area contributed by atoms with Crippen LogP contribution in [0.2, 0.25) is 0 Å². The normalized spacial score (nSPS) is 25.9. The molecule has 2 fully saturated rings. The second-order valence-corrected chi connectivity index (χ2v) is 7.19. The number of ether oxygens (including phenoxy) is 1. The molecule has 3 N–H and O–H groups in total. The van der Waals surface area contributed by atoms with Crippen LogP contribution in [-0.4, -0.2) is 47.4 Å². The molecule has 2 bridgehead atoms. The van der Waals surface area contributed by atoms with Gasteiger partial charge in [-0.3, -0.25) is 10.2 Å². The molecule has 1 aromatic rings. The zero-order chi connectivity index (χ0) is 16.5. The summed E-state index contributed by atoms with van der Waals surface area (Å²) in [5.41, 5.74) is 8.91. The molecule has 24 heavy (non-hydrogen) atoms.